The Kier molecular flexibility index (Phi) is 4.70. The van der Waals surface area contributed by atoms with Crippen LogP contribution in [0.25, 0.3) is 0 Å². The smallest absolute Gasteiger partial charge is 0.130 e. The molecular weight excluding hydrogens is 310 g/mol. The highest BCUT2D eigenvalue weighted by molar-refractivity contribution is 9.09. The Morgan fingerprint density at radius 2 is 1.58 bits per heavy atom. The van der Waals surface area contributed by atoms with Crippen molar-refractivity contribution in [1.82, 2.24) is 0 Å². The van der Waals surface area contributed by atoms with Gasteiger partial charge in [0.15, 0.2) is 0 Å². The topological polar surface area (TPSA) is 0 Å². The Hall–Kier alpha value is -1.22. The van der Waals surface area contributed by atoms with E-state index in [9.17, 15) is 8.78 Å². The molecule has 0 nitrogen and oxygen atoms in total. The first-order valence-electron chi connectivity index (χ1n) is 6.30. The molecule has 2 aromatic carbocycles. The number of benzene rings is 2. The highest BCUT2D eigenvalue weighted by Crippen LogP contribution is 2.34. The lowest BCUT2D eigenvalue weighted by Crippen LogP contribution is -2.00. The van der Waals surface area contributed by atoms with E-state index in [1.165, 1.54) is 23.8 Å². The van der Waals surface area contributed by atoms with Gasteiger partial charge in [0.2, 0.25) is 0 Å². The van der Waals surface area contributed by atoms with Crippen molar-refractivity contribution >= 4 is 15.9 Å². The van der Waals surface area contributed by atoms with Crippen molar-refractivity contribution in [3.8, 4) is 0 Å². The van der Waals surface area contributed by atoms with Gasteiger partial charge in [-0.15, -0.1) is 0 Å². The van der Waals surface area contributed by atoms with Crippen molar-refractivity contribution in [2.45, 2.75) is 24.6 Å². The Bertz CT molecular complexity index is 529. The lowest BCUT2D eigenvalue weighted by molar-refractivity contribution is 0.561. The maximum absolute atomic E-state index is 13.7. The second-order valence-corrected chi connectivity index (χ2v) is 5.41. The average Bonchev–Trinajstić information content (AvgIpc) is 2.39. The molecule has 0 aromatic heterocycles. The van der Waals surface area contributed by atoms with Gasteiger partial charge in [0.05, 0.1) is 4.83 Å². The molecule has 0 bridgehead atoms. The summed E-state index contributed by atoms with van der Waals surface area (Å²) in [6, 6.07) is 11.8. The summed E-state index contributed by atoms with van der Waals surface area (Å²) >= 11 is 3.38. The van der Waals surface area contributed by atoms with E-state index in [-0.39, 0.29) is 5.56 Å². The molecule has 0 N–H and O–H groups in total. The summed E-state index contributed by atoms with van der Waals surface area (Å²) in [6.07, 6.45) is 2.10. The maximum Gasteiger partial charge on any atom is 0.130 e. The van der Waals surface area contributed by atoms with Gasteiger partial charge in [-0.05, 0) is 29.7 Å². The van der Waals surface area contributed by atoms with E-state index < -0.39 is 16.5 Å². The van der Waals surface area contributed by atoms with E-state index in [1.54, 1.807) is 0 Å². The zero-order chi connectivity index (χ0) is 13.8. The van der Waals surface area contributed by atoms with Crippen molar-refractivity contribution in [3.63, 3.8) is 0 Å². The van der Waals surface area contributed by atoms with Crippen LogP contribution in [0.1, 0.15) is 34.9 Å². The molecule has 0 spiro atoms. The first-order valence-corrected chi connectivity index (χ1v) is 7.22. The summed E-state index contributed by atoms with van der Waals surface area (Å²) in [4.78, 5) is -0.468. The van der Waals surface area contributed by atoms with Crippen LogP contribution in [0.3, 0.4) is 0 Å². The molecule has 19 heavy (non-hydrogen) atoms. The molecule has 3 heteroatoms. The molecule has 0 fully saturated rings. The predicted molar refractivity (Wildman–Crippen MR) is 77.6 cm³/mol. The fourth-order valence-corrected chi connectivity index (χ4v) is 2.80. The molecule has 0 heterocycles. The Balaban J connectivity index is 2.31. The number of hydrogen-bond acceptors (Lipinski definition) is 0. The Labute approximate surface area is 120 Å². The van der Waals surface area contributed by atoms with Crippen LogP contribution < -0.4 is 0 Å². The number of halogens is 3. The molecule has 0 radical (unpaired) electrons. The molecule has 0 aliphatic heterocycles. The van der Waals surface area contributed by atoms with Crippen LogP contribution in [0.15, 0.2) is 42.5 Å². The molecule has 0 saturated heterocycles. The molecular formula is C16H15BrF2. The minimum absolute atomic E-state index is 0.0609. The van der Waals surface area contributed by atoms with Gasteiger partial charge in [0.1, 0.15) is 11.6 Å². The fraction of sp³-hybridized carbons (Fsp3) is 0.250. The van der Waals surface area contributed by atoms with Crippen molar-refractivity contribution in [2.75, 3.05) is 0 Å². The van der Waals surface area contributed by atoms with Crippen molar-refractivity contribution in [3.05, 3.63) is 70.8 Å². The summed E-state index contributed by atoms with van der Waals surface area (Å²) in [5, 5.41) is 0. The molecule has 0 amide bonds. The molecule has 0 saturated carbocycles. The molecule has 0 aliphatic carbocycles. The molecule has 1 unspecified atom stereocenters. The first-order chi connectivity index (χ1) is 9.13. The summed E-state index contributed by atoms with van der Waals surface area (Å²) < 4.78 is 27.4. The molecule has 2 aromatic rings. The fourth-order valence-electron chi connectivity index (χ4n) is 2.06. The van der Waals surface area contributed by atoms with Gasteiger partial charge in [-0.2, -0.15) is 0 Å². The summed E-state index contributed by atoms with van der Waals surface area (Å²) in [5.41, 5.74) is 2.15. The van der Waals surface area contributed by atoms with Crippen LogP contribution in [-0.2, 0) is 6.42 Å². The summed E-state index contributed by atoms with van der Waals surface area (Å²) in [7, 11) is 0. The van der Waals surface area contributed by atoms with Crippen LogP contribution in [0, 0.1) is 11.6 Å². The second kappa shape index (κ2) is 6.29. The molecule has 2 rings (SSSR count). The van der Waals surface area contributed by atoms with E-state index in [0.717, 1.165) is 18.4 Å². The normalized spacial score (nSPS) is 12.4. The molecule has 0 aliphatic rings. The highest BCUT2D eigenvalue weighted by Gasteiger charge is 2.18. The van der Waals surface area contributed by atoms with Crippen molar-refractivity contribution in [2.24, 2.45) is 0 Å². The van der Waals surface area contributed by atoms with Gasteiger partial charge in [-0.1, -0.05) is 59.6 Å². The number of hydrogen-bond donors (Lipinski definition) is 0. The van der Waals surface area contributed by atoms with Gasteiger partial charge in [0, 0.05) is 5.56 Å². The maximum atomic E-state index is 13.7. The summed E-state index contributed by atoms with van der Waals surface area (Å²) in [5.74, 6) is -1.06. The SMILES string of the molecule is CCCc1ccc(C(Br)c2c(F)cccc2F)cc1. The van der Waals surface area contributed by atoms with E-state index in [2.05, 4.69) is 22.9 Å². The Morgan fingerprint density at radius 3 is 2.11 bits per heavy atom. The van der Waals surface area contributed by atoms with Crippen molar-refractivity contribution < 1.29 is 8.78 Å². The average molecular weight is 325 g/mol. The zero-order valence-corrected chi connectivity index (χ0v) is 12.3. The second-order valence-electron chi connectivity index (χ2n) is 4.49. The van der Waals surface area contributed by atoms with Gasteiger partial charge in [-0.3, -0.25) is 0 Å². The van der Waals surface area contributed by atoms with Crippen LogP contribution in [0.5, 0.6) is 0 Å². The van der Waals surface area contributed by atoms with Gasteiger partial charge in [-0.25, -0.2) is 8.78 Å². The third-order valence-electron chi connectivity index (χ3n) is 3.06. The predicted octanol–water partition coefficient (Wildman–Crippen LogP) is 5.40. The minimum Gasteiger partial charge on any atom is -0.207 e. The Morgan fingerprint density at radius 1 is 1.00 bits per heavy atom. The zero-order valence-electron chi connectivity index (χ0n) is 10.7. The van der Waals surface area contributed by atoms with E-state index in [1.807, 2.05) is 24.3 Å². The van der Waals surface area contributed by atoms with Crippen LogP contribution >= 0.6 is 15.9 Å². The molecule has 100 valence electrons. The van der Waals surface area contributed by atoms with Gasteiger partial charge in [0.25, 0.3) is 0 Å². The van der Waals surface area contributed by atoms with Crippen LogP contribution in [0.2, 0.25) is 0 Å². The number of rotatable bonds is 4. The van der Waals surface area contributed by atoms with E-state index in [0.29, 0.717) is 0 Å². The third-order valence-corrected chi connectivity index (χ3v) is 4.05. The molecule has 1 atom stereocenters. The highest BCUT2D eigenvalue weighted by atomic mass is 79.9. The standard InChI is InChI=1S/C16H15BrF2/c1-2-4-11-7-9-12(10-8-11)16(17)15-13(18)5-3-6-14(15)19/h3,5-10,16H,2,4H2,1H3. The van der Waals surface area contributed by atoms with E-state index in [4.69, 9.17) is 0 Å². The number of aryl methyl sites for hydroxylation is 1. The van der Waals surface area contributed by atoms with Crippen LogP contribution in [-0.4, -0.2) is 0 Å². The third kappa shape index (κ3) is 3.21. The first kappa shape index (κ1) is 14.2. The number of alkyl halides is 1. The lowest BCUT2D eigenvalue weighted by atomic mass is 10.0. The van der Waals surface area contributed by atoms with E-state index >= 15 is 0 Å². The summed E-state index contributed by atoms with van der Waals surface area (Å²) in [6.45, 7) is 2.12. The van der Waals surface area contributed by atoms with Crippen molar-refractivity contribution in [1.29, 1.82) is 0 Å². The van der Waals surface area contributed by atoms with Gasteiger partial charge >= 0.3 is 0 Å². The van der Waals surface area contributed by atoms with Gasteiger partial charge < -0.3 is 0 Å². The quantitative estimate of drug-likeness (QED) is 0.660. The largest absolute Gasteiger partial charge is 0.207 e. The van der Waals surface area contributed by atoms with Crippen LogP contribution in [0.4, 0.5) is 8.78 Å². The monoisotopic (exact) mass is 324 g/mol. The minimum atomic E-state index is -0.528. The lowest BCUT2D eigenvalue weighted by Gasteiger charge is -2.13.